The quantitative estimate of drug-likeness (QED) is 0.561. The van der Waals surface area contributed by atoms with E-state index in [4.69, 9.17) is 0 Å². The molecule has 0 radical (unpaired) electrons. The lowest BCUT2D eigenvalue weighted by molar-refractivity contribution is -0.108. The first kappa shape index (κ1) is 13.4. The van der Waals surface area contributed by atoms with E-state index in [-0.39, 0.29) is 5.97 Å². The van der Waals surface area contributed by atoms with E-state index in [1.807, 2.05) is 12.1 Å². The highest BCUT2D eigenvalue weighted by Gasteiger charge is 2.08. The van der Waals surface area contributed by atoms with Gasteiger partial charge in [-0.15, -0.1) is 0 Å². The Labute approximate surface area is 102 Å². The number of carbonyl (C=O) groups is 2. The molecule has 0 fully saturated rings. The third kappa shape index (κ3) is 4.02. The molecule has 1 aromatic carbocycles. The first-order valence-electron chi connectivity index (χ1n) is 5.82. The fraction of sp³-hybridized carbons (Fsp3) is 0.429. The van der Waals surface area contributed by atoms with Crippen molar-refractivity contribution in [2.45, 2.75) is 26.2 Å². The Hall–Kier alpha value is -1.64. The molecule has 0 N–H and O–H groups in total. The lowest BCUT2D eigenvalue weighted by Gasteiger charge is -2.11. The Bertz CT molecular complexity index is 368. The van der Waals surface area contributed by atoms with Crippen LogP contribution in [0.4, 0.5) is 0 Å². The summed E-state index contributed by atoms with van der Waals surface area (Å²) in [6.07, 6.45) is 3.42. The fourth-order valence-electron chi connectivity index (χ4n) is 1.76. The maximum absolute atomic E-state index is 11.2. The monoisotopic (exact) mass is 234 g/mol. The van der Waals surface area contributed by atoms with Crippen LogP contribution in [0.15, 0.2) is 24.3 Å². The van der Waals surface area contributed by atoms with E-state index in [2.05, 4.69) is 11.7 Å². The minimum absolute atomic E-state index is 0.323. The van der Waals surface area contributed by atoms with Crippen LogP contribution in [-0.2, 0) is 16.0 Å². The summed E-state index contributed by atoms with van der Waals surface area (Å²) in [5, 5.41) is 0. The molecule has 0 saturated carbocycles. The number of hydrogen-bond donors (Lipinski definition) is 0. The highest BCUT2D eigenvalue weighted by atomic mass is 16.5. The third-order valence-electron chi connectivity index (χ3n) is 2.91. The molecular weight excluding hydrogens is 216 g/mol. The Morgan fingerprint density at radius 2 is 2.00 bits per heavy atom. The van der Waals surface area contributed by atoms with Crippen molar-refractivity contribution in [1.82, 2.24) is 0 Å². The van der Waals surface area contributed by atoms with Crippen LogP contribution in [0.25, 0.3) is 0 Å². The topological polar surface area (TPSA) is 43.4 Å². The number of esters is 1. The Morgan fingerprint density at radius 3 is 2.47 bits per heavy atom. The summed E-state index contributed by atoms with van der Waals surface area (Å²) in [5.74, 6) is 0.0629. The summed E-state index contributed by atoms with van der Waals surface area (Å²) < 4.78 is 4.63. The molecule has 1 atom stereocenters. The van der Waals surface area contributed by atoms with Gasteiger partial charge in [-0.25, -0.2) is 4.79 Å². The third-order valence-corrected chi connectivity index (χ3v) is 2.91. The van der Waals surface area contributed by atoms with Gasteiger partial charge in [0.25, 0.3) is 0 Å². The second-order valence-electron chi connectivity index (χ2n) is 4.07. The zero-order valence-corrected chi connectivity index (χ0v) is 10.3. The van der Waals surface area contributed by atoms with Crippen LogP contribution in [0.1, 0.15) is 35.7 Å². The molecule has 0 aromatic heterocycles. The molecule has 0 amide bonds. The normalized spacial score (nSPS) is 11.9. The van der Waals surface area contributed by atoms with Gasteiger partial charge < -0.3 is 9.53 Å². The summed E-state index contributed by atoms with van der Waals surface area (Å²) in [4.78, 5) is 21.7. The SMILES string of the molecule is CCC(CC=O)Cc1ccc(C(=O)OC)cc1. The highest BCUT2D eigenvalue weighted by molar-refractivity contribution is 5.89. The number of carbonyl (C=O) groups excluding carboxylic acids is 2. The van der Waals surface area contributed by atoms with Gasteiger partial charge in [-0.05, 0) is 30.0 Å². The van der Waals surface area contributed by atoms with Crippen molar-refractivity contribution < 1.29 is 14.3 Å². The first-order chi connectivity index (χ1) is 8.21. The predicted octanol–water partition coefficient (Wildman–Crippen LogP) is 2.63. The van der Waals surface area contributed by atoms with Crippen molar-refractivity contribution in [3.63, 3.8) is 0 Å². The summed E-state index contributed by atoms with van der Waals surface area (Å²) in [6.45, 7) is 2.08. The number of rotatable bonds is 6. The average Bonchev–Trinajstić information content (AvgIpc) is 2.38. The van der Waals surface area contributed by atoms with Crippen molar-refractivity contribution in [2.24, 2.45) is 5.92 Å². The van der Waals surface area contributed by atoms with Gasteiger partial charge >= 0.3 is 5.97 Å². The second kappa shape index (κ2) is 6.84. The van der Waals surface area contributed by atoms with E-state index in [0.717, 1.165) is 24.7 Å². The van der Waals surface area contributed by atoms with E-state index >= 15 is 0 Å². The summed E-state index contributed by atoms with van der Waals surface area (Å²) in [5.41, 5.74) is 1.70. The Morgan fingerprint density at radius 1 is 1.35 bits per heavy atom. The molecule has 0 spiro atoms. The smallest absolute Gasteiger partial charge is 0.337 e. The summed E-state index contributed by atoms with van der Waals surface area (Å²) in [6, 6.07) is 7.35. The van der Waals surface area contributed by atoms with Gasteiger partial charge in [0.1, 0.15) is 6.29 Å². The minimum atomic E-state index is -0.323. The molecule has 0 aliphatic heterocycles. The average molecular weight is 234 g/mol. The maximum Gasteiger partial charge on any atom is 0.337 e. The largest absolute Gasteiger partial charge is 0.465 e. The second-order valence-corrected chi connectivity index (χ2v) is 4.07. The molecule has 1 unspecified atom stereocenters. The van der Waals surface area contributed by atoms with Gasteiger partial charge in [-0.3, -0.25) is 0 Å². The molecule has 0 saturated heterocycles. The molecule has 0 aliphatic rings. The van der Waals surface area contributed by atoms with Crippen LogP contribution in [0.3, 0.4) is 0 Å². The number of ether oxygens (including phenoxy) is 1. The lowest BCUT2D eigenvalue weighted by atomic mass is 9.94. The van der Waals surface area contributed by atoms with Crippen LogP contribution in [0, 0.1) is 5.92 Å². The number of hydrogen-bond acceptors (Lipinski definition) is 3. The van der Waals surface area contributed by atoms with Crippen LogP contribution in [0.2, 0.25) is 0 Å². The van der Waals surface area contributed by atoms with Crippen molar-refractivity contribution in [1.29, 1.82) is 0 Å². The molecule has 0 bridgehead atoms. The van der Waals surface area contributed by atoms with Crippen molar-refractivity contribution in [3.8, 4) is 0 Å². The predicted molar refractivity (Wildman–Crippen MR) is 65.9 cm³/mol. The number of benzene rings is 1. The van der Waals surface area contributed by atoms with Gasteiger partial charge in [0.2, 0.25) is 0 Å². The molecule has 17 heavy (non-hydrogen) atoms. The van der Waals surface area contributed by atoms with Gasteiger partial charge in [-0.1, -0.05) is 25.5 Å². The standard InChI is InChI=1S/C14H18O3/c1-3-11(8-9-15)10-12-4-6-13(7-5-12)14(16)17-2/h4-7,9,11H,3,8,10H2,1-2H3. The Kier molecular flexibility index (Phi) is 5.40. The van der Waals surface area contributed by atoms with Crippen LogP contribution >= 0.6 is 0 Å². The van der Waals surface area contributed by atoms with E-state index < -0.39 is 0 Å². The summed E-state index contributed by atoms with van der Waals surface area (Å²) >= 11 is 0. The van der Waals surface area contributed by atoms with Crippen molar-refractivity contribution in [2.75, 3.05) is 7.11 Å². The van der Waals surface area contributed by atoms with Gasteiger partial charge in [-0.2, -0.15) is 0 Å². The van der Waals surface area contributed by atoms with Crippen LogP contribution in [-0.4, -0.2) is 19.4 Å². The molecule has 3 nitrogen and oxygen atoms in total. The number of methoxy groups -OCH3 is 1. The molecule has 1 aromatic rings. The number of aldehydes is 1. The molecule has 1 rings (SSSR count). The van der Waals surface area contributed by atoms with Crippen molar-refractivity contribution in [3.05, 3.63) is 35.4 Å². The highest BCUT2D eigenvalue weighted by Crippen LogP contribution is 2.15. The molecule has 0 heterocycles. The van der Waals surface area contributed by atoms with Crippen LogP contribution in [0.5, 0.6) is 0 Å². The van der Waals surface area contributed by atoms with Crippen LogP contribution < -0.4 is 0 Å². The van der Waals surface area contributed by atoms with Gasteiger partial charge in [0.05, 0.1) is 12.7 Å². The zero-order chi connectivity index (χ0) is 12.7. The minimum Gasteiger partial charge on any atom is -0.465 e. The van der Waals surface area contributed by atoms with Crippen molar-refractivity contribution >= 4 is 12.3 Å². The van der Waals surface area contributed by atoms with E-state index in [9.17, 15) is 9.59 Å². The maximum atomic E-state index is 11.2. The molecule has 92 valence electrons. The molecular formula is C14H18O3. The Balaban J connectivity index is 2.67. The van der Waals surface area contributed by atoms with Gasteiger partial charge in [0.15, 0.2) is 0 Å². The summed E-state index contributed by atoms with van der Waals surface area (Å²) in [7, 11) is 1.37. The molecule has 3 heteroatoms. The van der Waals surface area contributed by atoms with E-state index in [1.54, 1.807) is 12.1 Å². The van der Waals surface area contributed by atoms with Gasteiger partial charge in [0, 0.05) is 6.42 Å². The zero-order valence-electron chi connectivity index (χ0n) is 10.3. The fourth-order valence-corrected chi connectivity index (χ4v) is 1.76. The lowest BCUT2D eigenvalue weighted by Crippen LogP contribution is -2.05. The van der Waals surface area contributed by atoms with E-state index in [1.165, 1.54) is 7.11 Å². The van der Waals surface area contributed by atoms with E-state index in [0.29, 0.717) is 17.9 Å². The molecule has 0 aliphatic carbocycles. The first-order valence-corrected chi connectivity index (χ1v) is 5.82.